The molecule has 96 valence electrons. The van der Waals surface area contributed by atoms with Gasteiger partial charge in [0.1, 0.15) is 5.82 Å². The van der Waals surface area contributed by atoms with Gasteiger partial charge in [-0.2, -0.15) is 0 Å². The molecule has 0 N–H and O–H groups in total. The molecule has 0 fully saturated rings. The van der Waals surface area contributed by atoms with Gasteiger partial charge in [-0.05, 0) is 17.9 Å². The van der Waals surface area contributed by atoms with Gasteiger partial charge in [0.05, 0.1) is 11.9 Å². The van der Waals surface area contributed by atoms with Crippen molar-refractivity contribution in [3.05, 3.63) is 42.4 Å². The van der Waals surface area contributed by atoms with Crippen LogP contribution in [0.15, 0.2) is 36.5 Å². The summed E-state index contributed by atoms with van der Waals surface area (Å²) in [5, 5.41) is 0. The number of hydrogen-bond donors (Lipinski definition) is 0. The largest absolute Gasteiger partial charge is 0.328 e. The summed E-state index contributed by atoms with van der Waals surface area (Å²) in [5.41, 5.74) is 2.50. The van der Waals surface area contributed by atoms with Crippen LogP contribution < -0.4 is 0 Å². The van der Waals surface area contributed by atoms with Crippen LogP contribution in [0.4, 0.5) is 0 Å². The lowest BCUT2D eigenvalue weighted by atomic mass is 10.1. The summed E-state index contributed by atoms with van der Waals surface area (Å²) in [4.78, 5) is 4.60. The van der Waals surface area contributed by atoms with Gasteiger partial charge >= 0.3 is 0 Å². The second-order valence-corrected chi connectivity index (χ2v) is 5.18. The molecule has 0 spiro atoms. The molecule has 0 aliphatic rings. The molecule has 0 saturated heterocycles. The highest BCUT2D eigenvalue weighted by Gasteiger charge is 2.11. The van der Waals surface area contributed by atoms with Crippen molar-refractivity contribution in [2.24, 2.45) is 5.92 Å². The minimum atomic E-state index is 0.636. The first-order valence-electron chi connectivity index (χ1n) is 6.82. The van der Waals surface area contributed by atoms with Gasteiger partial charge < -0.3 is 4.57 Å². The van der Waals surface area contributed by atoms with Gasteiger partial charge in [0.2, 0.25) is 0 Å². The standard InChI is InChI=1S/C16H22N2/c1-4-8-16-17-11-15(18(16)12-13(2)3)14-9-6-5-7-10-14/h5-7,9-11,13H,4,8,12H2,1-3H3. The van der Waals surface area contributed by atoms with Crippen molar-refractivity contribution in [3.63, 3.8) is 0 Å². The highest BCUT2D eigenvalue weighted by molar-refractivity contribution is 5.59. The van der Waals surface area contributed by atoms with Crippen LogP contribution in [-0.2, 0) is 13.0 Å². The maximum Gasteiger partial charge on any atom is 0.109 e. The molecule has 1 aromatic heterocycles. The van der Waals surface area contributed by atoms with E-state index in [-0.39, 0.29) is 0 Å². The Morgan fingerprint density at radius 1 is 1.17 bits per heavy atom. The molecule has 1 aromatic carbocycles. The molecule has 2 nitrogen and oxygen atoms in total. The van der Waals surface area contributed by atoms with E-state index >= 15 is 0 Å². The highest BCUT2D eigenvalue weighted by Crippen LogP contribution is 2.22. The molecular weight excluding hydrogens is 220 g/mol. The third-order valence-corrected chi connectivity index (χ3v) is 3.03. The van der Waals surface area contributed by atoms with E-state index in [0.717, 1.165) is 19.4 Å². The summed E-state index contributed by atoms with van der Waals surface area (Å²) in [7, 11) is 0. The number of imidazole rings is 1. The minimum Gasteiger partial charge on any atom is -0.328 e. The maximum absolute atomic E-state index is 4.60. The summed E-state index contributed by atoms with van der Waals surface area (Å²) in [6.45, 7) is 7.76. The average Bonchev–Trinajstić information content (AvgIpc) is 2.73. The minimum absolute atomic E-state index is 0.636. The predicted octanol–water partition coefficient (Wildman–Crippen LogP) is 4.16. The van der Waals surface area contributed by atoms with E-state index in [1.165, 1.54) is 17.1 Å². The smallest absolute Gasteiger partial charge is 0.109 e. The molecule has 0 atom stereocenters. The lowest BCUT2D eigenvalue weighted by Gasteiger charge is -2.14. The zero-order valence-corrected chi connectivity index (χ0v) is 11.6. The Kier molecular flexibility index (Phi) is 4.19. The van der Waals surface area contributed by atoms with E-state index in [9.17, 15) is 0 Å². The molecule has 0 aliphatic carbocycles. The number of aryl methyl sites for hydroxylation is 1. The van der Waals surface area contributed by atoms with E-state index in [1.54, 1.807) is 0 Å². The van der Waals surface area contributed by atoms with E-state index in [4.69, 9.17) is 0 Å². The van der Waals surface area contributed by atoms with Crippen LogP contribution in [0.5, 0.6) is 0 Å². The van der Waals surface area contributed by atoms with Crippen LogP contribution in [0, 0.1) is 5.92 Å². The van der Waals surface area contributed by atoms with E-state index in [2.05, 4.69) is 60.7 Å². The van der Waals surface area contributed by atoms with Crippen LogP contribution in [0.2, 0.25) is 0 Å². The molecular formula is C16H22N2. The van der Waals surface area contributed by atoms with E-state index in [1.807, 2.05) is 6.20 Å². The monoisotopic (exact) mass is 242 g/mol. The summed E-state index contributed by atoms with van der Waals surface area (Å²) in [6, 6.07) is 10.5. The zero-order chi connectivity index (χ0) is 13.0. The van der Waals surface area contributed by atoms with Crippen molar-refractivity contribution in [2.75, 3.05) is 0 Å². The Bertz CT molecular complexity index is 483. The summed E-state index contributed by atoms with van der Waals surface area (Å²) < 4.78 is 2.38. The second-order valence-electron chi connectivity index (χ2n) is 5.18. The lowest BCUT2D eigenvalue weighted by Crippen LogP contribution is -2.10. The van der Waals surface area contributed by atoms with Crippen molar-refractivity contribution < 1.29 is 0 Å². The highest BCUT2D eigenvalue weighted by atomic mass is 15.1. The molecule has 2 aromatic rings. The van der Waals surface area contributed by atoms with Crippen LogP contribution in [-0.4, -0.2) is 9.55 Å². The van der Waals surface area contributed by atoms with Crippen molar-refractivity contribution in [3.8, 4) is 11.3 Å². The van der Waals surface area contributed by atoms with Gasteiger partial charge in [-0.25, -0.2) is 4.98 Å². The first-order chi connectivity index (χ1) is 8.72. The summed E-state index contributed by atoms with van der Waals surface area (Å²) in [5.74, 6) is 1.85. The number of benzene rings is 1. The normalized spacial score (nSPS) is 11.1. The van der Waals surface area contributed by atoms with Gasteiger partial charge in [-0.1, -0.05) is 51.1 Å². The molecule has 1 heterocycles. The topological polar surface area (TPSA) is 17.8 Å². The Hall–Kier alpha value is -1.57. The SMILES string of the molecule is CCCc1ncc(-c2ccccc2)n1CC(C)C. The molecule has 0 aliphatic heterocycles. The van der Waals surface area contributed by atoms with Crippen molar-refractivity contribution >= 4 is 0 Å². The third kappa shape index (κ3) is 2.81. The first kappa shape index (κ1) is 12.9. The van der Waals surface area contributed by atoms with Gasteiger partial charge in [-0.3, -0.25) is 0 Å². The van der Waals surface area contributed by atoms with Crippen molar-refractivity contribution in [1.29, 1.82) is 0 Å². The fourth-order valence-electron chi connectivity index (χ4n) is 2.25. The van der Waals surface area contributed by atoms with Gasteiger partial charge in [0.15, 0.2) is 0 Å². The molecule has 0 amide bonds. The Morgan fingerprint density at radius 3 is 2.50 bits per heavy atom. The van der Waals surface area contributed by atoms with Gasteiger partial charge in [-0.15, -0.1) is 0 Å². The van der Waals surface area contributed by atoms with Crippen LogP contribution >= 0.6 is 0 Å². The lowest BCUT2D eigenvalue weighted by molar-refractivity contribution is 0.508. The molecule has 0 radical (unpaired) electrons. The second kappa shape index (κ2) is 5.85. The van der Waals surface area contributed by atoms with Gasteiger partial charge in [0, 0.05) is 13.0 Å². The van der Waals surface area contributed by atoms with Crippen molar-refractivity contribution in [2.45, 2.75) is 40.2 Å². The fraction of sp³-hybridized carbons (Fsp3) is 0.438. The summed E-state index contributed by atoms with van der Waals surface area (Å²) >= 11 is 0. The number of aromatic nitrogens is 2. The van der Waals surface area contributed by atoms with E-state index < -0.39 is 0 Å². The fourth-order valence-corrected chi connectivity index (χ4v) is 2.25. The number of hydrogen-bond acceptors (Lipinski definition) is 1. The molecule has 0 unspecified atom stereocenters. The maximum atomic E-state index is 4.60. The van der Waals surface area contributed by atoms with Crippen molar-refractivity contribution in [1.82, 2.24) is 9.55 Å². The van der Waals surface area contributed by atoms with Crippen LogP contribution in [0.3, 0.4) is 0 Å². The predicted molar refractivity (Wildman–Crippen MR) is 76.5 cm³/mol. The number of rotatable bonds is 5. The Balaban J connectivity index is 2.41. The zero-order valence-electron chi connectivity index (χ0n) is 11.6. The first-order valence-corrected chi connectivity index (χ1v) is 6.82. The van der Waals surface area contributed by atoms with Gasteiger partial charge in [0.25, 0.3) is 0 Å². The van der Waals surface area contributed by atoms with Crippen LogP contribution in [0.1, 0.15) is 33.0 Å². The molecule has 0 bridgehead atoms. The number of nitrogens with zero attached hydrogens (tertiary/aromatic N) is 2. The summed E-state index contributed by atoms with van der Waals surface area (Å²) in [6.07, 6.45) is 4.21. The molecule has 2 heteroatoms. The molecule has 18 heavy (non-hydrogen) atoms. The third-order valence-electron chi connectivity index (χ3n) is 3.03. The Labute approximate surface area is 110 Å². The molecule has 2 rings (SSSR count). The Morgan fingerprint density at radius 2 is 1.89 bits per heavy atom. The molecule has 0 saturated carbocycles. The quantitative estimate of drug-likeness (QED) is 0.770. The van der Waals surface area contributed by atoms with Crippen LogP contribution in [0.25, 0.3) is 11.3 Å². The average molecular weight is 242 g/mol. The van der Waals surface area contributed by atoms with E-state index in [0.29, 0.717) is 5.92 Å².